The third-order valence-corrected chi connectivity index (χ3v) is 2.15. The molecule has 0 fully saturated rings. The fourth-order valence-electron chi connectivity index (χ4n) is 1.48. The zero-order valence-electron chi connectivity index (χ0n) is 7.97. The zero-order valence-corrected chi connectivity index (χ0v) is 7.97. The number of pyridine rings is 1. The highest BCUT2D eigenvalue weighted by atomic mass is 16.1. The summed E-state index contributed by atoms with van der Waals surface area (Å²) in [6.07, 6.45) is 5.38. The van der Waals surface area contributed by atoms with Gasteiger partial charge in [-0.3, -0.25) is 9.36 Å². The molecule has 0 aliphatic heterocycles. The fraction of sp³-hybridized carbons (Fsp3) is 0.0833. The molecule has 0 atom stereocenters. The Bertz CT molecular complexity index is 537. The molecule has 0 aliphatic carbocycles. The third kappa shape index (κ3) is 1.35. The van der Waals surface area contributed by atoms with Crippen molar-refractivity contribution in [1.82, 2.24) is 4.57 Å². The fourth-order valence-corrected chi connectivity index (χ4v) is 1.48. The van der Waals surface area contributed by atoms with Crippen LogP contribution in [0.3, 0.4) is 0 Å². The van der Waals surface area contributed by atoms with Gasteiger partial charge in [0.15, 0.2) is 0 Å². The van der Waals surface area contributed by atoms with Crippen molar-refractivity contribution in [3.63, 3.8) is 0 Å². The van der Waals surface area contributed by atoms with E-state index in [9.17, 15) is 4.79 Å². The van der Waals surface area contributed by atoms with Gasteiger partial charge in [-0.25, -0.2) is 0 Å². The molecular weight excluding hydrogens is 174 g/mol. The Morgan fingerprint density at radius 1 is 1.21 bits per heavy atom. The molecule has 1 aromatic heterocycles. The van der Waals surface area contributed by atoms with Gasteiger partial charge in [0.25, 0.3) is 5.56 Å². The summed E-state index contributed by atoms with van der Waals surface area (Å²) < 4.78 is 1.59. The maximum atomic E-state index is 11.8. The molecule has 0 bridgehead atoms. The minimum Gasteiger partial charge on any atom is -0.291 e. The quantitative estimate of drug-likeness (QED) is 0.669. The van der Waals surface area contributed by atoms with E-state index in [1.165, 1.54) is 0 Å². The Hall–Kier alpha value is -1.83. The minimum atomic E-state index is 0.0289. The normalized spacial score (nSPS) is 11.2. The van der Waals surface area contributed by atoms with Crippen molar-refractivity contribution in [1.29, 1.82) is 0 Å². The molecular formula is C12H11NO. The van der Waals surface area contributed by atoms with Gasteiger partial charge in [0.1, 0.15) is 0 Å². The van der Waals surface area contributed by atoms with E-state index >= 15 is 0 Å². The van der Waals surface area contributed by atoms with Crippen LogP contribution in [0.4, 0.5) is 0 Å². The molecule has 0 saturated carbocycles. The summed E-state index contributed by atoms with van der Waals surface area (Å²) in [6.45, 7) is 1.89. The molecule has 2 rings (SSSR count). The SMILES string of the molecule is CC=Cn1ccc2ccccc2c1=O. The first-order valence-electron chi connectivity index (χ1n) is 4.55. The van der Waals surface area contributed by atoms with Gasteiger partial charge in [-0.1, -0.05) is 24.3 Å². The Morgan fingerprint density at radius 3 is 2.79 bits per heavy atom. The van der Waals surface area contributed by atoms with Gasteiger partial charge in [0.2, 0.25) is 0 Å². The van der Waals surface area contributed by atoms with Crippen molar-refractivity contribution in [2.24, 2.45) is 0 Å². The van der Waals surface area contributed by atoms with Gasteiger partial charge in [-0.05, 0) is 24.4 Å². The number of fused-ring (bicyclic) bond motifs is 1. The summed E-state index contributed by atoms with van der Waals surface area (Å²) in [4.78, 5) is 11.8. The van der Waals surface area contributed by atoms with E-state index in [0.717, 1.165) is 10.8 Å². The number of rotatable bonds is 1. The molecule has 0 radical (unpaired) electrons. The lowest BCUT2D eigenvalue weighted by Gasteiger charge is -2.00. The molecule has 0 unspecified atom stereocenters. The monoisotopic (exact) mass is 185 g/mol. The van der Waals surface area contributed by atoms with Crippen LogP contribution in [-0.2, 0) is 0 Å². The third-order valence-electron chi connectivity index (χ3n) is 2.15. The van der Waals surface area contributed by atoms with Gasteiger partial charge in [-0.2, -0.15) is 0 Å². The second-order valence-electron chi connectivity index (χ2n) is 3.10. The standard InChI is InChI=1S/C12H11NO/c1-2-8-13-9-7-10-5-3-4-6-11(10)12(13)14/h2-9H,1H3. The van der Waals surface area contributed by atoms with Crippen molar-refractivity contribution in [2.75, 3.05) is 0 Å². The van der Waals surface area contributed by atoms with Gasteiger partial charge in [0.05, 0.1) is 0 Å². The summed E-state index contributed by atoms with van der Waals surface area (Å²) in [6, 6.07) is 9.54. The number of allylic oxidation sites excluding steroid dienone is 1. The predicted molar refractivity (Wildman–Crippen MR) is 59.2 cm³/mol. The number of hydrogen-bond donors (Lipinski definition) is 0. The second kappa shape index (κ2) is 3.50. The number of nitrogens with zero attached hydrogens (tertiary/aromatic N) is 1. The highest BCUT2D eigenvalue weighted by Crippen LogP contribution is 2.07. The summed E-state index contributed by atoms with van der Waals surface area (Å²) >= 11 is 0. The molecule has 14 heavy (non-hydrogen) atoms. The first kappa shape index (κ1) is 8.75. The lowest BCUT2D eigenvalue weighted by Crippen LogP contribution is -2.14. The van der Waals surface area contributed by atoms with Crippen molar-refractivity contribution < 1.29 is 0 Å². The minimum absolute atomic E-state index is 0.0289. The van der Waals surface area contributed by atoms with Crippen molar-refractivity contribution in [3.05, 3.63) is 53.0 Å². The van der Waals surface area contributed by atoms with Gasteiger partial charge >= 0.3 is 0 Å². The first-order chi connectivity index (χ1) is 6.83. The van der Waals surface area contributed by atoms with Crippen LogP contribution in [0.25, 0.3) is 17.0 Å². The number of hydrogen-bond acceptors (Lipinski definition) is 1. The van der Waals surface area contributed by atoms with E-state index in [0.29, 0.717) is 0 Å². The van der Waals surface area contributed by atoms with Crippen LogP contribution in [0.5, 0.6) is 0 Å². The van der Waals surface area contributed by atoms with Crippen LogP contribution in [0.2, 0.25) is 0 Å². The lowest BCUT2D eigenvalue weighted by atomic mass is 10.2. The molecule has 1 heterocycles. The molecule has 0 N–H and O–H groups in total. The summed E-state index contributed by atoms with van der Waals surface area (Å²) in [5, 5.41) is 1.74. The molecule has 2 aromatic rings. The number of benzene rings is 1. The van der Waals surface area contributed by atoms with E-state index in [-0.39, 0.29) is 5.56 Å². The highest BCUT2D eigenvalue weighted by Gasteiger charge is 1.98. The largest absolute Gasteiger partial charge is 0.291 e. The molecule has 0 saturated heterocycles. The van der Waals surface area contributed by atoms with Crippen LogP contribution in [-0.4, -0.2) is 4.57 Å². The smallest absolute Gasteiger partial charge is 0.262 e. The van der Waals surface area contributed by atoms with Crippen LogP contribution < -0.4 is 5.56 Å². The molecule has 0 amide bonds. The van der Waals surface area contributed by atoms with Gasteiger partial charge in [0, 0.05) is 17.8 Å². The van der Waals surface area contributed by atoms with E-state index in [1.54, 1.807) is 17.0 Å². The van der Waals surface area contributed by atoms with E-state index in [1.807, 2.05) is 43.3 Å². The molecule has 0 aliphatic rings. The summed E-state index contributed by atoms with van der Waals surface area (Å²) in [5.74, 6) is 0. The number of aromatic nitrogens is 1. The molecule has 0 spiro atoms. The Kier molecular flexibility index (Phi) is 2.19. The molecule has 1 aromatic carbocycles. The lowest BCUT2D eigenvalue weighted by molar-refractivity contribution is 1.08. The maximum Gasteiger partial charge on any atom is 0.262 e. The Balaban J connectivity index is 2.82. The Labute approximate surface area is 82.1 Å². The van der Waals surface area contributed by atoms with Crippen LogP contribution in [0.1, 0.15) is 6.92 Å². The van der Waals surface area contributed by atoms with Crippen molar-refractivity contribution >= 4 is 17.0 Å². The summed E-state index contributed by atoms with van der Waals surface area (Å²) in [5.41, 5.74) is 0.0289. The van der Waals surface area contributed by atoms with Crippen LogP contribution >= 0.6 is 0 Å². The van der Waals surface area contributed by atoms with Crippen LogP contribution in [0, 0.1) is 0 Å². The molecule has 70 valence electrons. The highest BCUT2D eigenvalue weighted by molar-refractivity contribution is 5.81. The predicted octanol–water partition coefficient (Wildman–Crippen LogP) is 2.49. The van der Waals surface area contributed by atoms with Crippen LogP contribution in [0.15, 0.2) is 47.4 Å². The average molecular weight is 185 g/mol. The topological polar surface area (TPSA) is 22.0 Å². The molecule has 2 nitrogen and oxygen atoms in total. The van der Waals surface area contributed by atoms with Crippen molar-refractivity contribution in [3.8, 4) is 0 Å². The first-order valence-corrected chi connectivity index (χ1v) is 4.55. The van der Waals surface area contributed by atoms with E-state index in [4.69, 9.17) is 0 Å². The Morgan fingerprint density at radius 2 is 2.00 bits per heavy atom. The van der Waals surface area contributed by atoms with E-state index in [2.05, 4.69) is 0 Å². The van der Waals surface area contributed by atoms with E-state index < -0.39 is 0 Å². The zero-order chi connectivity index (χ0) is 9.97. The van der Waals surface area contributed by atoms with Gasteiger partial charge < -0.3 is 0 Å². The second-order valence-corrected chi connectivity index (χ2v) is 3.10. The van der Waals surface area contributed by atoms with Gasteiger partial charge in [-0.15, -0.1) is 0 Å². The summed E-state index contributed by atoms with van der Waals surface area (Å²) in [7, 11) is 0. The maximum absolute atomic E-state index is 11.8. The van der Waals surface area contributed by atoms with Crippen molar-refractivity contribution in [2.45, 2.75) is 6.92 Å². The molecule has 2 heteroatoms. The average Bonchev–Trinajstić information content (AvgIpc) is 2.23.